The molecule has 1 saturated heterocycles. The van der Waals surface area contributed by atoms with Crippen molar-refractivity contribution < 1.29 is 0 Å². The molecule has 3 rings (SSSR count). The van der Waals surface area contributed by atoms with Gasteiger partial charge in [0.25, 0.3) is 0 Å². The summed E-state index contributed by atoms with van der Waals surface area (Å²) in [6.45, 7) is 4.64. The van der Waals surface area contributed by atoms with E-state index in [1.54, 1.807) is 0 Å². The van der Waals surface area contributed by atoms with Gasteiger partial charge in [-0.25, -0.2) is 0 Å². The maximum Gasteiger partial charge on any atom is 0.0624 e. The van der Waals surface area contributed by atoms with Crippen LogP contribution in [-0.4, -0.2) is 18.1 Å². The van der Waals surface area contributed by atoms with E-state index in [9.17, 15) is 0 Å². The monoisotopic (exact) mass is 248 g/mol. The van der Waals surface area contributed by atoms with Gasteiger partial charge in [-0.05, 0) is 37.0 Å². The second-order valence-electron chi connectivity index (χ2n) is 5.03. The topological polar surface area (TPSA) is 19.0 Å². The molecule has 0 spiro atoms. The van der Waals surface area contributed by atoms with Gasteiger partial charge in [-0.3, -0.25) is 0 Å². The van der Waals surface area contributed by atoms with Crippen molar-refractivity contribution in [3.8, 4) is 0 Å². The largest absolute Gasteiger partial charge is 0.370 e. The number of nitrogens with zero attached hydrogens (tertiary/aromatic N) is 1. The van der Waals surface area contributed by atoms with Crippen molar-refractivity contribution in [3.05, 3.63) is 29.4 Å². The smallest absolute Gasteiger partial charge is 0.0624 e. The second kappa shape index (κ2) is 4.26. The van der Waals surface area contributed by atoms with E-state index in [4.69, 9.17) is 11.6 Å². The zero-order valence-corrected chi connectivity index (χ0v) is 10.8. The van der Waals surface area contributed by atoms with Gasteiger partial charge in [0.1, 0.15) is 0 Å². The molecule has 17 heavy (non-hydrogen) atoms. The van der Waals surface area contributed by atoms with E-state index in [0.29, 0.717) is 0 Å². The summed E-state index contributed by atoms with van der Waals surface area (Å²) < 4.78 is 0. The van der Waals surface area contributed by atoms with Gasteiger partial charge in [0, 0.05) is 35.2 Å². The van der Waals surface area contributed by atoms with Crippen molar-refractivity contribution >= 4 is 28.2 Å². The van der Waals surface area contributed by atoms with Gasteiger partial charge in [-0.1, -0.05) is 18.5 Å². The number of nitrogens with one attached hydrogen (secondary N) is 1. The predicted molar refractivity (Wildman–Crippen MR) is 73.9 cm³/mol. The number of fused-ring (bicyclic) bond motifs is 1. The summed E-state index contributed by atoms with van der Waals surface area (Å²) in [4.78, 5) is 5.79. The maximum absolute atomic E-state index is 6.08. The summed E-state index contributed by atoms with van der Waals surface area (Å²) in [7, 11) is 0. The average molecular weight is 249 g/mol. The lowest BCUT2D eigenvalue weighted by molar-refractivity contribution is 0.439. The van der Waals surface area contributed by atoms with E-state index in [-0.39, 0.29) is 0 Å². The first kappa shape index (κ1) is 11.0. The molecule has 1 aromatic carbocycles. The van der Waals surface area contributed by atoms with E-state index >= 15 is 0 Å². The molecule has 1 aromatic heterocycles. The SMILES string of the molecule is CC1CCN(c2c[nH]c3ccc(Cl)cc23)CC1. The van der Waals surface area contributed by atoms with Crippen LogP contribution in [0.25, 0.3) is 10.9 Å². The van der Waals surface area contributed by atoms with Crippen LogP contribution in [0.15, 0.2) is 24.4 Å². The van der Waals surface area contributed by atoms with Crippen LogP contribution in [-0.2, 0) is 0 Å². The number of piperidine rings is 1. The third-order valence-corrected chi connectivity index (χ3v) is 3.98. The highest BCUT2D eigenvalue weighted by atomic mass is 35.5. The Morgan fingerprint density at radius 3 is 2.82 bits per heavy atom. The van der Waals surface area contributed by atoms with Crippen LogP contribution in [0.1, 0.15) is 19.8 Å². The van der Waals surface area contributed by atoms with E-state index in [1.807, 2.05) is 12.1 Å². The number of aromatic amines is 1. The van der Waals surface area contributed by atoms with Gasteiger partial charge in [0.15, 0.2) is 0 Å². The van der Waals surface area contributed by atoms with Crippen molar-refractivity contribution in [2.24, 2.45) is 5.92 Å². The molecule has 2 aromatic rings. The molecule has 0 saturated carbocycles. The van der Waals surface area contributed by atoms with E-state index in [1.165, 1.54) is 29.4 Å². The first-order valence-electron chi connectivity index (χ1n) is 6.25. The molecular weight excluding hydrogens is 232 g/mol. The molecule has 90 valence electrons. The fourth-order valence-corrected chi connectivity index (χ4v) is 2.76. The van der Waals surface area contributed by atoms with Gasteiger partial charge >= 0.3 is 0 Å². The van der Waals surface area contributed by atoms with Crippen LogP contribution in [0.5, 0.6) is 0 Å². The summed E-state index contributed by atoms with van der Waals surface area (Å²) in [5.74, 6) is 0.861. The quantitative estimate of drug-likeness (QED) is 0.807. The fraction of sp³-hybridized carbons (Fsp3) is 0.429. The van der Waals surface area contributed by atoms with Crippen molar-refractivity contribution in [1.82, 2.24) is 4.98 Å². The van der Waals surface area contributed by atoms with Crippen LogP contribution >= 0.6 is 11.6 Å². The normalized spacial score (nSPS) is 17.9. The first-order valence-corrected chi connectivity index (χ1v) is 6.63. The summed E-state index contributed by atoms with van der Waals surface area (Å²) in [5.41, 5.74) is 2.47. The minimum absolute atomic E-state index is 0.809. The summed E-state index contributed by atoms with van der Waals surface area (Å²) in [6, 6.07) is 6.04. The number of halogens is 1. The molecule has 0 atom stereocenters. The summed E-state index contributed by atoms with van der Waals surface area (Å²) >= 11 is 6.08. The molecule has 2 heterocycles. The zero-order chi connectivity index (χ0) is 11.8. The van der Waals surface area contributed by atoms with Crippen LogP contribution in [0.2, 0.25) is 5.02 Å². The van der Waals surface area contributed by atoms with E-state index < -0.39 is 0 Å². The van der Waals surface area contributed by atoms with Crippen molar-refractivity contribution in [2.45, 2.75) is 19.8 Å². The molecule has 1 aliphatic rings. The van der Waals surface area contributed by atoms with Crippen LogP contribution in [0.4, 0.5) is 5.69 Å². The molecule has 0 unspecified atom stereocenters. The average Bonchev–Trinajstić information content (AvgIpc) is 2.73. The summed E-state index contributed by atoms with van der Waals surface area (Å²) in [5, 5.41) is 2.05. The second-order valence-corrected chi connectivity index (χ2v) is 5.47. The van der Waals surface area contributed by atoms with Gasteiger partial charge in [-0.2, -0.15) is 0 Å². The molecular formula is C14H17ClN2. The van der Waals surface area contributed by atoms with Crippen molar-refractivity contribution in [1.29, 1.82) is 0 Å². The third kappa shape index (κ3) is 2.02. The van der Waals surface area contributed by atoms with Crippen LogP contribution in [0.3, 0.4) is 0 Å². The molecule has 0 bridgehead atoms. The number of hydrogen-bond acceptors (Lipinski definition) is 1. The maximum atomic E-state index is 6.08. The van der Waals surface area contributed by atoms with Gasteiger partial charge in [-0.15, -0.1) is 0 Å². The Balaban J connectivity index is 1.97. The molecule has 3 heteroatoms. The molecule has 1 aliphatic heterocycles. The molecule has 0 amide bonds. The third-order valence-electron chi connectivity index (χ3n) is 3.75. The lowest BCUT2D eigenvalue weighted by atomic mass is 9.99. The standard InChI is InChI=1S/C14H17ClN2/c1-10-4-6-17(7-5-10)14-9-16-13-3-2-11(15)8-12(13)14/h2-3,8-10,16H,4-7H2,1H3. The van der Waals surface area contributed by atoms with Gasteiger partial charge < -0.3 is 9.88 Å². The highest BCUT2D eigenvalue weighted by Gasteiger charge is 2.18. The lowest BCUT2D eigenvalue weighted by Gasteiger charge is -2.31. The van der Waals surface area contributed by atoms with Gasteiger partial charge in [0.2, 0.25) is 0 Å². The number of aromatic nitrogens is 1. The Morgan fingerprint density at radius 2 is 2.06 bits per heavy atom. The van der Waals surface area contributed by atoms with E-state index in [2.05, 4.69) is 29.1 Å². The first-order chi connectivity index (χ1) is 8.24. The van der Waals surface area contributed by atoms with Crippen molar-refractivity contribution in [3.63, 3.8) is 0 Å². The molecule has 1 N–H and O–H groups in total. The molecule has 0 radical (unpaired) electrons. The Morgan fingerprint density at radius 1 is 1.29 bits per heavy atom. The predicted octanol–water partition coefficient (Wildman–Crippen LogP) is 4.06. The molecule has 1 fully saturated rings. The number of hydrogen-bond donors (Lipinski definition) is 1. The fourth-order valence-electron chi connectivity index (χ4n) is 2.59. The zero-order valence-electron chi connectivity index (χ0n) is 10.0. The Hall–Kier alpha value is -1.15. The Labute approximate surface area is 107 Å². The summed E-state index contributed by atoms with van der Waals surface area (Å²) in [6.07, 6.45) is 4.68. The van der Waals surface area contributed by atoms with Gasteiger partial charge in [0.05, 0.1) is 5.69 Å². The highest BCUT2D eigenvalue weighted by Crippen LogP contribution is 2.31. The van der Waals surface area contributed by atoms with Crippen LogP contribution in [0, 0.1) is 5.92 Å². The number of anilines is 1. The Bertz CT molecular complexity index is 524. The lowest BCUT2D eigenvalue weighted by Crippen LogP contribution is -2.32. The minimum Gasteiger partial charge on any atom is -0.370 e. The number of rotatable bonds is 1. The van der Waals surface area contributed by atoms with Crippen LogP contribution < -0.4 is 4.90 Å². The Kier molecular flexibility index (Phi) is 2.75. The molecule has 2 nitrogen and oxygen atoms in total. The number of benzene rings is 1. The molecule has 0 aliphatic carbocycles. The number of H-pyrrole nitrogens is 1. The minimum atomic E-state index is 0.809. The van der Waals surface area contributed by atoms with E-state index in [0.717, 1.165) is 24.0 Å². The highest BCUT2D eigenvalue weighted by molar-refractivity contribution is 6.31. The van der Waals surface area contributed by atoms with Crippen molar-refractivity contribution in [2.75, 3.05) is 18.0 Å².